The highest BCUT2D eigenvalue weighted by molar-refractivity contribution is 8.05. The Morgan fingerprint density at radius 1 is 1.00 bits per heavy atom. The Kier molecular flexibility index (Phi) is 7.96. The quantitative estimate of drug-likeness (QED) is 0.109. The Hall–Kier alpha value is -3.81. The summed E-state index contributed by atoms with van der Waals surface area (Å²) in [6.45, 7) is 10.1. The summed E-state index contributed by atoms with van der Waals surface area (Å²) in [7, 11) is 0. The fourth-order valence-electron chi connectivity index (χ4n) is 4.15. The van der Waals surface area contributed by atoms with E-state index < -0.39 is 0 Å². The van der Waals surface area contributed by atoms with Gasteiger partial charge in [-0.05, 0) is 56.0 Å². The number of fused-ring (bicyclic) bond motifs is 1. The lowest BCUT2D eigenvalue weighted by molar-refractivity contribution is 0.537. The smallest absolute Gasteiger partial charge is 0.444 e. The van der Waals surface area contributed by atoms with Gasteiger partial charge in [-0.15, -0.1) is 23.1 Å². The molecule has 0 N–H and O–H groups in total. The number of allylic oxidation sites excluding steroid dienone is 1. The van der Waals surface area contributed by atoms with Crippen LogP contribution < -0.4 is 9.43 Å². The van der Waals surface area contributed by atoms with Crippen LogP contribution in [0.1, 0.15) is 19.4 Å². The first-order chi connectivity index (χ1) is 18.6. The average molecular weight is 534 g/mol. The molecule has 2 aromatic heterocycles. The minimum absolute atomic E-state index is 0.389. The molecule has 38 heavy (non-hydrogen) atoms. The largest absolute Gasteiger partial charge is 0.537 e. The molecule has 0 unspecified atom stereocenters. The molecule has 7 heteroatoms. The molecule has 0 amide bonds. The molecule has 0 saturated heterocycles. The van der Waals surface area contributed by atoms with Crippen LogP contribution in [0.5, 0.6) is 5.88 Å². The zero-order chi connectivity index (χ0) is 26.5. The third-order valence-corrected chi connectivity index (χ3v) is 8.37. The highest BCUT2D eigenvalue weighted by atomic mass is 32.2. The highest BCUT2D eigenvalue weighted by Crippen LogP contribution is 2.34. The van der Waals surface area contributed by atoms with Crippen LogP contribution in [0.4, 0.5) is 0 Å². The van der Waals surface area contributed by atoms with Crippen molar-refractivity contribution in [3.8, 4) is 17.1 Å². The van der Waals surface area contributed by atoms with Gasteiger partial charge in [-0.2, -0.15) is 9.78 Å². The van der Waals surface area contributed by atoms with Gasteiger partial charge in [0.1, 0.15) is 0 Å². The predicted molar refractivity (Wildman–Crippen MR) is 166 cm³/mol. The first-order valence-corrected chi connectivity index (χ1v) is 14.1. The second-order valence-corrected chi connectivity index (χ2v) is 11.0. The Morgan fingerprint density at radius 2 is 1.74 bits per heavy atom. The molecule has 0 saturated carbocycles. The van der Waals surface area contributed by atoms with Gasteiger partial charge in [-0.25, -0.2) is 4.99 Å². The number of hydrogen-bond acceptors (Lipinski definition) is 5. The van der Waals surface area contributed by atoms with Crippen LogP contribution in [0.3, 0.4) is 0 Å². The van der Waals surface area contributed by atoms with Crippen molar-refractivity contribution in [3.63, 3.8) is 0 Å². The van der Waals surface area contributed by atoms with Crippen LogP contribution in [0, 0.1) is 6.92 Å². The molecule has 5 rings (SSSR count). The zero-order valence-corrected chi connectivity index (χ0v) is 23.3. The van der Waals surface area contributed by atoms with Gasteiger partial charge < -0.3 is 4.65 Å². The van der Waals surface area contributed by atoms with Crippen LogP contribution in [0.15, 0.2) is 118 Å². The van der Waals surface area contributed by atoms with Crippen molar-refractivity contribution >= 4 is 56.9 Å². The summed E-state index contributed by atoms with van der Waals surface area (Å²) in [6.07, 6.45) is 3.69. The number of aromatic nitrogens is 2. The second-order valence-electron chi connectivity index (χ2n) is 8.70. The van der Waals surface area contributed by atoms with Gasteiger partial charge in [0.2, 0.25) is 5.88 Å². The Balaban J connectivity index is 1.60. The van der Waals surface area contributed by atoms with Gasteiger partial charge in [0.25, 0.3) is 0 Å². The standard InChI is InChI=1S/C31H28BN3OS2/c1-5-30(33-6-2)35-31(21-26(34-35)24-15-8-7-9-16-24)36-32(23(4)37-27-18-12-10-14-22(27)3)29-20-25-17-11-13-19-28(25)38-29/h5-21H,4H2,1-3H3/b30-5+,33-6?. The summed E-state index contributed by atoms with van der Waals surface area (Å²) in [5, 5.41) is 6.09. The van der Waals surface area contributed by atoms with Crippen LogP contribution in [0.2, 0.25) is 0 Å². The lowest BCUT2D eigenvalue weighted by Gasteiger charge is -2.18. The number of thioether (sulfide) groups is 1. The molecule has 188 valence electrons. The maximum atomic E-state index is 6.84. The first-order valence-electron chi connectivity index (χ1n) is 12.5. The van der Waals surface area contributed by atoms with E-state index in [1.165, 1.54) is 15.6 Å². The lowest BCUT2D eigenvalue weighted by Crippen LogP contribution is -2.36. The summed E-state index contributed by atoms with van der Waals surface area (Å²) < 4.78 is 10.9. The predicted octanol–water partition coefficient (Wildman–Crippen LogP) is 8.10. The van der Waals surface area contributed by atoms with Crippen LogP contribution >= 0.6 is 23.1 Å². The third kappa shape index (κ3) is 5.54. The second kappa shape index (κ2) is 11.7. The molecule has 2 heterocycles. The van der Waals surface area contributed by atoms with Gasteiger partial charge in [-0.3, -0.25) is 0 Å². The molecular formula is C31H28BN3OS2. The molecule has 0 fully saturated rings. The normalized spacial score (nSPS) is 11.8. The summed E-state index contributed by atoms with van der Waals surface area (Å²) >= 11 is 3.38. The SMILES string of the molecule is C=C(Sc1ccccc1C)B(Oc1cc(-c2ccccc2)nn1/C(=C/C)N=CC)c1cc2ccccc2s1. The van der Waals surface area contributed by atoms with E-state index in [0.29, 0.717) is 11.7 Å². The summed E-state index contributed by atoms with van der Waals surface area (Å²) in [5.74, 6) is 1.30. The summed E-state index contributed by atoms with van der Waals surface area (Å²) in [4.78, 5) is 6.62. The van der Waals surface area contributed by atoms with Crippen LogP contribution in [0.25, 0.3) is 27.2 Å². The number of hydrogen-bond donors (Lipinski definition) is 0. The molecule has 3 aromatic carbocycles. The number of benzene rings is 3. The van der Waals surface area contributed by atoms with Crippen molar-refractivity contribution < 1.29 is 4.65 Å². The minimum Gasteiger partial charge on any atom is -0.537 e. The van der Waals surface area contributed by atoms with E-state index in [2.05, 4.69) is 73.1 Å². The molecule has 0 bridgehead atoms. The minimum atomic E-state index is -0.389. The van der Waals surface area contributed by atoms with Crippen molar-refractivity contribution in [1.82, 2.24) is 9.78 Å². The van der Waals surface area contributed by atoms with Crippen molar-refractivity contribution in [2.75, 3.05) is 0 Å². The molecule has 0 radical (unpaired) electrons. The Labute approximate surface area is 232 Å². The molecule has 0 aliphatic heterocycles. The van der Waals surface area contributed by atoms with Crippen LogP contribution in [-0.2, 0) is 0 Å². The number of aliphatic imine (C=N–C) groups is 1. The monoisotopic (exact) mass is 533 g/mol. The number of thiophene rings is 1. The zero-order valence-electron chi connectivity index (χ0n) is 21.7. The Bertz CT molecular complexity index is 1600. The number of rotatable bonds is 9. The molecule has 0 atom stereocenters. The van der Waals surface area contributed by atoms with Gasteiger partial charge in [0.15, 0.2) is 5.82 Å². The van der Waals surface area contributed by atoms with E-state index in [-0.39, 0.29) is 6.92 Å². The highest BCUT2D eigenvalue weighted by Gasteiger charge is 2.30. The topological polar surface area (TPSA) is 39.4 Å². The fourth-order valence-corrected chi connectivity index (χ4v) is 6.29. The molecule has 5 aromatic rings. The van der Waals surface area contributed by atoms with E-state index in [4.69, 9.17) is 9.75 Å². The summed E-state index contributed by atoms with van der Waals surface area (Å²) in [5.41, 5.74) is 3.04. The Morgan fingerprint density at radius 3 is 2.47 bits per heavy atom. The van der Waals surface area contributed by atoms with E-state index in [0.717, 1.165) is 25.7 Å². The van der Waals surface area contributed by atoms with Gasteiger partial charge in [0.05, 0.1) is 5.69 Å². The molecular weight excluding hydrogens is 505 g/mol. The van der Waals surface area contributed by atoms with E-state index in [1.807, 2.05) is 56.3 Å². The number of aryl methyl sites for hydroxylation is 1. The third-order valence-electron chi connectivity index (χ3n) is 6.05. The maximum Gasteiger partial charge on any atom is 0.444 e. The van der Waals surface area contributed by atoms with Crippen molar-refractivity contribution in [1.29, 1.82) is 0 Å². The molecule has 0 aliphatic carbocycles. The number of nitrogens with zero attached hydrogens (tertiary/aromatic N) is 3. The van der Waals surface area contributed by atoms with Gasteiger partial charge >= 0.3 is 6.92 Å². The lowest BCUT2D eigenvalue weighted by atomic mass is 9.66. The van der Waals surface area contributed by atoms with Crippen molar-refractivity contribution in [3.05, 3.63) is 114 Å². The molecule has 4 nitrogen and oxygen atoms in total. The van der Waals surface area contributed by atoms with E-state index >= 15 is 0 Å². The average Bonchev–Trinajstić information content (AvgIpc) is 3.56. The van der Waals surface area contributed by atoms with Crippen molar-refractivity contribution in [2.45, 2.75) is 25.7 Å². The van der Waals surface area contributed by atoms with Crippen molar-refractivity contribution in [2.24, 2.45) is 4.99 Å². The fraction of sp³-hybridized carbons (Fsp3) is 0.0968. The molecule has 0 aliphatic rings. The van der Waals surface area contributed by atoms with Crippen LogP contribution in [-0.4, -0.2) is 22.9 Å². The summed E-state index contributed by atoms with van der Waals surface area (Å²) in [6, 6.07) is 31.1. The van der Waals surface area contributed by atoms with Gasteiger partial charge in [0, 0.05) is 37.0 Å². The first kappa shape index (κ1) is 25.8. The maximum absolute atomic E-state index is 6.84. The van der Waals surface area contributed by atoms with E-state index in [9.17, 15) is 0 Å². The molecule has 0 spiro atoms. The van der Waals surface area contributed by atoms with Gasteiger partial charge in [-0.1, -0.05) is 73.3 Å². The van der Waals surface area contributed by atoms with E-state index in [1.54, 1.807) is 34.0 Å².